The summed E-state index contributed by atoms with van der Waals surface area (Å²) in [6.45, 7) is 11.3. The average molecular weight is 380 g/mol. The van der Waals surface area contributed by atoms with Crippen molar-refractivity contribution in [3.05, 3.63) is 36.0 Å². The van der Waals surface area contributed by atoms with Gasteiger partial charge >= 0.3 is 5.97 Å². The maximum atomic E-state index is 11.7. The highest BCUT2D eigenvalue weighted by atomic mass is 16.5. The Hall–Kier alpha value is -1.77. The van der Waals surface area contributed by atoms with Gasteiger partial charge < -0.3 is 9.30 Å². The van der Waals surface area contributed by atoms with Crippen LogP contribution in [0.3, 0.4) is 0 Å². The topological polar surface area (TPSA) is 31.2 Å². The number of benzene rings is 1. The predicted molar refractivity (Wildman–Crippen MR) is 112 cm³/mol. The van der Waals surface area contributed by atoms with E-state index in [-0.39, 0.29) is 28.4 Å². The fourth-order valence-corrected chi connectivity index (χ4v) is 7.81. The predicted octanol–water partition coefficient (Wildman–Crippen LogP) is 5.70. The third kappa shape index (κ3) is 2.19. The molecule has 0 spiro atoms. The molecule has 3 heteroatoms. The molecule has 2 aliphatic carbocycles. The van der Waals surface area contributed by atoms with Gasteiger partial charge in [0.25, 0.3) is 0 Å². The van der Waals surface area contributed by atoms with Gasteiger partial charge in [0.1, 0.15) is 6.10 Å². The van der Waals surface area contributed by atoms with Crippen LogP contribution in [0.1, 0.15) is 66.0 Å². The molecule has 0 saturated heterocycles. The molecule has 28 heavy (non-hydrogen) atoms. The van der Waals surface area contributed by atoms with Crippen molar-refractivity contribution in [1.29, 1.82) is 0 Å². The van der Waals surface area contributed by atoms with E-state index in [0.717, 1.165) is 12.8 Å². The number of aromatic nitrogens is 1. The van der Waals surface area contributed by atoms with Gasteiger partial charge in [0, 0.05) is 29.1 Å². The second-order valence-electron chi connectivity index (χ2n) is 10.7. The molecule has 0 amide bonds. The van der Waals surface area contributed by atoms with E-state index in [1.54, 1.807) is 6.92 Å². The number of nitrogens with zero attached hydrogens (tertiary/aromatic N) is 1. The Bertz CT molecular complexity index is 957. The lowest BCUT2D eigenvalue weighted by Gasteiger charge is -2.62. The summed E-state index contributed by atoms with van der Waals surface area (Å²) in [4.78, 5) is 11.7. The van der Waals surface area contributed by atoms with Crippen LogP contribution in [0.15, 0.2) is 30.3 Å². The Morgan fingerprint density at radius 1 is 1.07 bits per heavy atom. The number of esters is 1. The first-order chi connectivity index (χ1) is 13.2. The monoisotopic (exact) mass is 379 g/mol. The fraction of sp³-hybridized carbons (Fsp3) is 0.640. The van der Waals surface area contributed by atoms with Crippen LogP contribution in [0.25, 0.3) is 10.9 Å². The molecule has 2 heterocycles. The molecule has 0 N–H and O–H groups in total. The molecule has 2 aromatic rings. The quantitative estimate of drug-likeness (QED) is 0.595. The number of ether oxygens (including phenoxy) is 1. The van der Waals surface area contributed by atoms with Crippen LogP contribution >= 0.6 is 0 Å². The molecule has 1 aromatic carbocycles. The zero-order valence-electron chi connectivity index (χ0n) is 17.9. The number of carbonyl (C=O) groups is 1. The minimum absolute atomic E-state index is 0.0271. The first kappa shape index (κ1) is 18.3. The molecule has 0 unspecified atom stereocenters. The molecule has 3 aliphatic rings. The molecule has 2 fully saturated rings. The third-order valence-electron chi connectivity index (χ3n) is 8.97. The van der Waals surface area contributed by atoms with Gasteiger partial charge in [-0.3, -0.25) is 4.79 Å². The summed E-state index contributed by atoms with van der Waals surface area (Å²) in [6.07, 6.45) is 5.78. The van der Waals surface area contributed by atoms with Gasteiger partial charge in [-0.05, 0) is 73.8 Å². The lowest BCUT2D eigenvalue weighted by molar-refractivity contribution is -0.185. The molecule has 1 aromatic heterocycles. The Balaban J connectivity index is 1.56. The second kappa shape index (κ2) is 5.64. The Labute approximate surface area is 168 Å². The maximum absolute atomic E-state index is 11.7. The van der Waals surface area contributed by atoms with Gasteiger partial charge in [0.15, 0.2) is 0 Å². The van der Waals surface area contributed by atoms with E-state index in [0.29, 0.717) is 11.8 Å². The van der Waals surface area contributed by atoms with Crippen LogP contribution in [0.4, 0.5) is 0 Å². The van der Waals surface area contributed by atoms with Crippen molar-refractivity contribution in [3.8, 4) is 0 Å². The molecule has 5 rings (SSSR count). The molecular formula is C25H33NO2. The van der Waals surface area contributed by atoms with Crippen molar-refractivity contribution >= 4 is 16.9 Å². The summed E-state index contributed by atoms with van der Waals surface area (Å²) in [5, 5.41) is 1.38. The Kier molecular flexibility index (Phi) is 3.68. The van der Waals surface area contributed by atoms with Crippen molar-refractivity contribution in [2.75, 3.05) is 0 Å². The summed E-state index contributed by atoms with van der Waals surface area (Å²) in [5.74, 6) is 1.11. The summed E-state index contributed by atoms with van der Waals surface area (Å²) in [6, 6.07) is 11.3. The number of fused-ring (bicyclic) bond motifs is 7. The van der Waals surface area contributed by atoms with Crippen molar-refractivity contribution < 1.29 is 9.53 Å². The zero-order chi connectivity index (χ0) is 19.9. The van der Waals surface area contributed by atoms with Crippen molar-refractivity contribution in [3.63, 3.8) is 0 Å². The minimum Gasteiger partial charge on any atom is -0.462 e. The summed E-state index contributed by atoms with van der Waals surface area (Å²) >= 11 is 0. The van der Waals surface area contributed by atoms with Gasteiger partial charge in [0.05, 0.1) is 0 Å². The lowest BCUT2D eigenvalue weighted by atomic mass is 9.44. The van der Waals surface area contributed by atoms with Crippen LogP contribution in [0, 0.1) is 22.7 Å². The Morgan fingerprint density at radius 3 is 2.57 bits per heavy atom. The van der Waals surface area contributed by atoms with E-state index in [2.05, 4.69) is 62.6 Å². The minimum atomic E-state index is -0.134. The van der Waals surface area contributed by atoms with E-state index in [4.69, 9.17) is 4.74 Å². The van der Waals surface area contributed by atoms with Gasteiger partial charge in [0.2, 0.25) is 0 Å². The number of rotatable bonds is 1. The van der Waals surface area contributed by atoms with Gasteiger partial charge in [-0.25, -0.2) is 0 Å². The highest BCUT2D eigenvalue weighted by Gasteiger charge is 2.63. The summed E-state index contributed by atoms with van der Waals surface area (Å²) in [5.41, 5.74) is 3.41. The van der Waals surface area contributed by atoms with E-state index in [1.807, 2.05) is 0 Å². The highest BCUT2D eigenvalue weighted by molar-refractivity contribution is 5.82. The summed E-state index contributed by atoms with van der Waals surface area (Å²) in [7, 11) is 0. The normalized spacial score (nSPS) is 38.5. The standard InChI is InChI=1S/C25H33NO2/c1-16(27)28-22-11-12-24(4)20(23(22,2)3)10-13-25(5)21(24)15-18-14-17-8-6-7-9-19(17)26(18)25/h6-9,14,20-22H,10-13,15H2,1-5H3/t20-,21-,22-,24+,25+/m1/s1. The molecule has 1 aliphatic heterocycles. The van der Waals surface area contributed by atoms with Crippen LogP contribution in [0.2, 0.25) is 0 Å². The van der Waals surface area contributed by atoms with E-state index in [9.17, 15) is 4.79 Å². The molecular weight excluding hydrogens is 346 g/mol. The van der Waals surface area contributed by atoms with Crippen molar-refractivity contribution in [1.82, 2.24) is 4.57 Å². The first-order valence-corrected chi connectivity index (χ1v) is 10.9. The SMILES string of the molecule is CC(=O)O[C@@H]1CC[C@@]2(C)[C@H](CC[C@@]3(C)[C@@H]2Cc2cc4ccccc4n23)C1(C)C. The maximum Gasteiger partial charge on any atom is 0.302 e. The first-order valence-electron chi connectivity index (χ1n) is 10.9. The number of carbonyl (C=O) groups excluding carboxylic acids is 1. The molecule has 5 atom stereocenters. The highest BCUT2D eigenvalue weighted by Crippen LogP contribution is 2.66. The molecule has 0 bridgehead atoms. The molecule has 3 nitrogen and oxygen atoms in total. The van der Waals surface area contributed by atoms with Gasteiger partial charge in [-0.2, -0.15) is 0 Å². The van der Waals surface area contributed by atoms with Gasteiger partial charge in [-0.1, -0.05) is 39.0 Å². The molecule has 150 valence electrons. The average Bonchev–Trinajstić information content (AvgIpc) is 3.13. The van der Waals surface area contributed by atoms with Crippen LogP contribution in [0.5, 0.6) is 0 Å². The van der Waals surface area contributed by atoms with Crippen LogP contribution < -0.4 is 0 Å². The largest absolute Gasteiger partial charge is 0.462 e. The molecule has 0 radical (unpaired) electrons. The van der Waals surface area contributed by atoms with Gasteiger partial charge in [-0.15, -0.1) is 0 Å². The fourth-order valence-electron chi connectivity index (χ4n) is 7.81. The van der Waals surface area contributed by atoms with Crippen molar-refractivity contribution in [2.45, 2.75) is 78.4 Å². The van der Waals surface area contributed by atoms with Crippen LogP contribution in [-0.2, 0) is 21.5 Å². The van der Waals surface area contributed by atoms with Crippen LogP contribution in [-0.4, -0.2) is 16.6 Å². The zero-order valence-corrected chi connectivity index (χ0v) is 17.9. The number of hydrogen-bond acceptors (Lipinski definition) is 2. The van der Waals surface area contributed by atoms with Crippen molar-refractivity contribution in [2.24, 2.45) is 22.7 Å². The van der Waals surface area contributed by atoms with E-state index in [1.165, 1.54) is 35.9 Å². The van der Waals surface area contributed by atoms with E-state index >= 15 is 0 Å². The van der Waals surface area contributed by atoms with E-state index < -0.39 is 0 Å². The lowest BCUT2D eigenvalue weighted by Crippen LogP contribution is -2.60. The third-order valence-corrected chi connectivity index (χ3v) is 8.97. The smallest absolute Gasteiger partial charge is 0.302 e. The summed E-state index contributed by atoms with van der Waals surface area (Å²) < 4.78 is 8.48. The second-order valence-corrected chi connectivity index (χ2v) is 10.7. The number of hydrogen-bond donors (Lipinski definition) is 0. The number of para-hydroxylation sites is 1. The molecule has 2 saturated carbocycles. The Morgan fingerprint density at radius 2 is 1.82 bits per heavy atom.